The first kappa shape index (κ1) is 23.2. The fourth-order valence-electron chi connectivity index (χ4n) is 2.74. The van der Waals surface area contributed by atoms with Crippen molar-refractivity contribution in [2.45, 2.75) is 45.8 Å². The zero-order valence-corrected chi connectivity index (χ0v) is 18.1. The van der Waals surface area contributed by atoms with Gasteiger partial charge in [0.15, 0.2) is 6.61 Å². The number of nitrogens with one attached hydrogen (secondary N) is 1. The van der Waals surface area contributed by atoms with Crippen LogP contribution >= 0.6 is 0 Å². The Morgan fingerprint density at radius 1 is 1.03 bits per heavy atom. The third kappa shape index (κ3) is 7.06. The highest BCUT2D eigenvalue weighted by atomic mass is 19.1. The number of benzene rings is 2. The number of rotatable bonds is 8. The SMILES string of the molecule is COc1ccc(OCC(=O)N(Cc2ccc(F)cc2)[C@H](C)C(=O)NC(C)(C)C)cc1. The summed E-state index contributed by atoms with van der Waals surface area (Å²) in [5.41, 5.74) is 0.278. The van der Waals surface area contributed by atoms with E-state index < -0.39 is 11.6 Å². The smallest absolute Gasteiger partial charge is 0.261 e. The summed E-state index contributed by atoms with van der Waals surface area (Å²) in [5.74, 6) is 0.198. The van der Waals surface area contributed by atoms with Gasteiger partial charge >= 0.3 is 0 Å². The standard InChI is InChI=1S/C23H29FN2O4/c1-16(22(28)25-23(2,3)4)26(14-17-6-8-18(24)9-7-17)21(27)15-30-20-12-10-19(29-5)11-13-20/h6-13,16H,14-15H2,1-5H3,(H,25,28)/t16-/m1/s1. The molecule has 1 atom stereocenters. The fourth-order valence-corrected chi connectivity index (χ4v) is 2.74. The second-order valence-electron chi connectivity index (χ2n) is 8.03. The summed E-state index contributed by atoms with van der Waals surface area (Å²) in [6.07, 6.45) is 0. The van der Waals surface area contributed by atoms with Crippen LogP contribution in [0, 0.1) is 5.82 Å². The molecule has 2 aromatic carbocycles. The average Bonchev–Trinajstić information content (AvgIpc) is 2.70. The molecule has 2 rings (SSSR count). The van der Waals surface area contributed by atoms with E-state index >= 15 is 0 Å². The van der Waals surface area contributed by atoms with E-state index in [1.165, 1.54) is 17.0 Å². The van der Waals surface area contributed by atoms with Crippen molar-refractivity contribution in [2.24, 2.45) is 0 Å². The van der Waals surface area contributed by atoms with E-state index in [4.69, 9.17) is 9.47 Å². The van der Waals surface area contributed by atoms with Gasteiger partial charge in [0, 0.05) is 12.1 Å². The van der Waals surface area contributed by atoms with Crippen molar-refractivity contribution < 1.29 is 23.5 Å². The minimum atomic E-state index is -0.735. The largest absolute Gasteiger partial charge is 0.497 e. The minimum Gasteiger partial charge on any atom is -0.497 e. The van der Waals surface area contributed by atoms with E-state index in [0.29, 0.717) is 17.1 Å². The maximum Gasteiger partial charge on any atom is 0.261 e. The number of carbonyl (C=O) groups is 2. The molecule has 162 valence electrons. The maximum absolute atomic E-state index is 13.2. The minimum absolute atomic E-state index is 0.157. The zero-order valence-electron chi connectivity index (χ0n) is 18.1. The van der Waals surface area contributed by atoms with Gasteiger partial charge in [-0.05, 0) is 69.7 Å². The molecule has 0 unspecified atom stereocenters. The van der Waals surface area contributed by atoms with Crippen LogP contribution in [0.4, 0.5) is 4.39 Å². The van der Waals surface area contributed by atoms with Gasteiger partial charge in [0.1, 0.15) is 23.4 Å². The number of nitrogens with zero attached hydrogens (tertiary/aromatic N) is 1. The summed E-state index contributed by atoms with van der Waals surface area (Å²) in [4.78, 5) is 27.0. The second kappa shape index (κ2) is 10.1. The Morgan fingerprint density at radius 3 is 2.13 bits per heavy atom. The lowest BCUT2D eigenvalue weighted by molar-refractivity contribution is -0.142. The lowest BCUT2D eigenvalue weighted by atomic mass is 10.1. The normalized spacial score (nSPS) is 12.1. The molecule has 0 spiro atoms. The Kier molecular flexibility index (Phi) is 7.80. The van der Waals surface area contributed by atoms with E-state index in [2.05, 4.69) is 5.32 Å². The Morgan fingerprint density at radius 2 is 1.60 bits per heavy atom. The molecule has 0 bridgehead atoms. The van der Waals surface area contributed by atoms with Crippen molar-refractivity contribution in [3.05, 3.63) is 59.9 Å². The van der Waals surface area contributed by atoms with Crippen molar-refractivity contribution in [1.29, 1.82) is 0 Å². The highest BCUT2D eigenvalue weighted by molar-refractivity contribution is 5.88. The van der Waals surface area contributed by atoms with Crippen molar-refractivity contribution in [2.75, 3.05) is 13.7 Å². The lowest BCUT2D eigenvalue weighted by Crippen LogP contribution is -2.53. The van der Waals surface area contributed by atoms with Crippen molar-refractivity contribution in [3.8, 4) is 11.5 Å². The molecule has 30 heavy (non-hydrogen) atoms. The van der Waals surface area contributed by atoms with E-state index in [1.807, 2.05) is 20.8 Å². The predicted molar refractivity (Wildman–Crippen MR) is 113 cm³/mol. The van der Waals surface area contributed by atoms with E-state index in [9.17, 15) is 14.0 Å². The fraction of sp³-hybridized carbons (Fsp3) is 0.391. The zero-order chi connectivity index (χ0) is 22.3. The molecule has 0 fully saturated rings. The Bertz CT molecular complexity index is 845. The van der Waals surface area contributed by atoms with Crippen LogP contribution in [0.25, 0.3) is 0 Å². The molecule has 0 aliphatic rings. The third-order valence-corrected chi connectivity index (χ3v) is 4.35. The van der Waals surface area contributed by atoms with Gasteiger partial charge in [-0.3, -0.25) is 9.59 Å². The molecule has 0 aliphatic carbocycles. The summed E-state index contributed by atoms with van der Waals surface area (Å²) >= 11 is 0. The molecule has 0 saturated heterocycles. The van der Waals surface area contributed by atoms with E-state index in [1.54, 1.807) is 50.4 Å². The van der Waals surface area contributed by atoms with Crippen LogP contribution in [-0.4, -0.2) is 42.0 Å². The van der Waals surface area contributed by atoms with Gasteiger partial charge < -0.3 is 19.7 Å². The van der Waals surface area contributed by atoms with Crippen LogP contribution in [0.1, 0.15) is 33.3 Å². The van der Waals surface area contributed by atoms with Crippen LogP contribution in [0.15, 0.2) is 48.5 Å². The lowest BCUT2D eigenvalue weighted by Gasteiger charge is -2.31. The first-order valence-electron chi connectivity index (χ1n) is 9.72. The first-order valence-corrected chi connectivity index (χ1v) is 9.72. The monoisotopic (exact) mass is 416 g/mol. The quantitative estimate of drug-likeness (QED) is 0.715. The van der Waals surface area contributed by atoms with Gasteiger partial charge in [0.2, 0.25) is 5.91 Å². The molecule has 0 aromatic heterocycles. The van der Waals surface area contributed by atoms with Gasteiger partial charge in [-0.2, -0.15) is 0 Å². The van der Waals surface area contributed by atoms with Gasteiger partial charge in [-0.1, -0.05) is 12.1 Å². The molecular formula is C23H29FN2O4. The number of methoxy groups -OCH3 is 1. The second-order valence-corrected chi connectivity index (χ2v) is 8.03. The summed E-state index contributed by atoms with van der Waals surface area (Å²) in [7, 11) is 1.57. The van der Waals surface area contributed by atoms with Gasteiger partial charge in [-0.25, -0.2) is 4.39 Å². The van der Waals surface area contributed by atoms with Crippen LogP contribution in [0.3, 0.4) is 0 Å². The number of halogens is 1. The molecule has 7 heteroatoms. The molecule has 0 heterocycles. The molecule has 6 nitrogen and oxygen atoms in total. The molecule has 0 saturated carbocycles. The number of amides is 2. The van der Waals surface area contributed by atoms with Gasteiger partial charge in [-0.15, -0.1) is 0 Å². The number of hydrogen-bond acceptors (Lipinski definition) is 4. The van der Waals surface area contributed by atoms with E-state index in [0.717, 1.165) is 0 Å². The van der Waals surface area contributed by atoms with Crippen molar-refractivity contribution in [1.82, 2.24) is 10.2 Å². The summed E-state index contributed by atoms with van der Waals surface area (Å²) in [6, 6.07) is 12.0. The number of carbonyl (C=O) groups excluding carboxylic acids is 2. The molecule has 0 aliphatic heterocycles. The van der Waals surface area contributed by atoms with Crippen LogP contribution in [0.5, 0.6) is 11.5 Å². The highest BCUT2D eigenvalue weighted by Gasteiger charge is 2.28. The third-order valence-electron chi connectivity index (χ3n) is 4.35. The molecule has 2 amide bonds. The summed E-state index contributed by atoms with van der Waals surface area (Å²) < 4.78 is 23.9. The average molecular weight is 416 g/mol. The van der Waals surface area contributed by atoms with Gasteiger partial charge in [0.05, 0.1) is 7.11 Å². The Labute approximate surface area is 177 Å². The predicted octanol–water partition coefficient (Wildman–Crippen LogP) is 3.55. The summed E-state index contributed by atoms with van der Waals surface area (Å²) in [5, 5.41) is 2.89. The van der Waals surface area contributed by atoms with Crippen LogP contribution < -0.4 is 14.8 Å². The van der Waals surface area contributed by atoms with Crippen LogP contribution in [-0.2, 0) is 16.1 Å². The molecule has 2 aromatic rings. The number of ether oxygens (including phenoxy) is 2. The Hall–Kier alpha value is -3.09. The molecule has 1 N–H and O–H groups in total. The Balaban J connectivity index is 2.14. The van der Waals surface area contributed by atoms with Crippen molar-refractivity contribution >= 4 is 11.8 Å². The number of hydrogen-bond donors (Lipinski definition) is 1. The molecular weight excluding hydrogens is 387 g/mol. The first-order chi connectivity index (χ1) is 14.1. The van der Waals surface area contributed by atoms with Gasteiger partial charge in [0.25, 0.3) is 5.91 Å². The molecule has 0 radical (unpaired) electrons. The topological polar surface area (TPSA) is 67.9 Å². The van der Waals surface area contributed by atoms with E-state index in [-0.39, 0.29) is 30.8 Å². The highest BCUT2D eigenvalue weighted by Crippen LogP contribution is 2.18. The maximum atomic E-state index is 13.2. The van der Waals surface area contributed by atoms with Crippen LogP contribution in [0.2, 0.25) is 0 Å². The summed E-state index contributed by atoms with van der Waals surface area (Å²) in [6.45, 7) is 7.20. The van der Waals surface area contributed by atoms with Crippen molar-refractivity contribution in [3.63, 3.8) is 0 Å².